The van der Waals surface area contributed by atoms with Crippen molar-refractivity contribution in [1.82, 2.24) is 9.97 Å². The van der Waals surface area contributed by atoms with E-state index >= 15 is 0 Å². The number of hydrogen-bond acceptors (Lipinski definition) is 4. The van der Waals surface area contributed by atoms with E-state index in [1.165, 1.54) is 24.3 Å². The van der Waals surface area contributed by atoms with Crippen LogP contribution < -0.4 is 10.1 Å². The Bertz CT molecular complexity index is 923. The molecule has 0 aliphatic heterocycles. The highest BCUT2D eigenvalue weighted by Crippen LogP contribution is 2.33. The number of rotatable bonds is 4. The van der Waals surface area contributed by atoms with Crippen molar-refractivity contribution in [3.8, 4) is 17.1 Å². The fourth-order valence-corrected chi connectivity index (χ4v) is 2.78. The number of benzene rings is 2. The van der Waals surface area contributed by atoms with Crippen molar-refractivity contribution in [2.75, 3.05) is 5.32 Å². The predicted octanol–water partition coefficient (Wildman–Crippen LogP) is 6.20. The second kappa shape index (κ2) is 7.51. The van der Waals surface area contributed by atoms with Gasteiger partial charge < -0.3 is 10.1 Å². The highest BCUT2D eigenvalue weighted by molar-refractivity contribution is 9.10. The lowest BCUT2D eigenvalue weighted by Gasteiger charge is -2.12. The van der Waals surface area contributed by atoms with E-state index in [1.54, 1.807) is 0 Å². The second-order valence-corrected chi connectivity index (χ2v) is 6.33. The lowest BCUT2D eigenvalue weighted by Crippen LogP contribution is -2.17. The van der Waals surface area contributed by atoms with E-state index in [4.69, 9.17) is 11.6 Å². The van der Waals surface area contributed by atoms with Crippen molar-refractivity contribution in [3.63, 3.8) is 0 Å². The van der Waals surface area contributed by atoms with Crippen LogP contribution in [0.3, 0.4) is 0 Å². The molecule has 0 spiro atoms. The van der Waals surface area contributed by atoms with Crippen LogP contribution in [0, 0.1) is 0 Å². The molecule has 0 fully saturated rings. The highest BCUT2D eigenvalue weighted by Gasteiger charge is 2.31. The van der Waals surface area contributed by atoms with Crippen LogP contribution in [-0.4, -0.2) is 16.3 Å². The zero-order valence-corrected chi connectivity index (χ0v) is 15.2. The van der Waals surface area contributed by atoms with E-state index in [2.05, 4.69) is 36.0 Å². The summed E-state index contributed by atoms with van der Waals surface area (Å²) in [6.07, 6.45) is -4.76. The average molecular weight is 445 g/mol. The van der Waals surface area contributed by atoms with Crippen molar-refractivity contribution < 1.29 is 17.9 Å². The maximum absolute atomic E-state index is 12.3. The van der Waals surface area contributed by atoms with Crippen LogP contribution in [0.15, 0.2) is 59.1 Å². The molecule has 0 aliphatic rings. The maximum atomic E-state index is 12.3. The van der Waals surface area contributed by atoms with Gasteiger partial charge in [-0.05, 0) is 34.1 Å². The van der Waals surface area contributed by atoms with Gasteiger partial charge in [-0.2, -0.15) is 0 Å². The minimum Gasteiger partial charge on any atom is -0.405 e. The molecular formula is C17H10BrClF3N3O. The molecule has 134 valence electrons. The van der Waals surface area contributed by atoms with Crippen LogP contribution in [0.1, 0.15) is 0 Å². The summed E-state index contributed by atoms with van der Waals surface area (Å²) in [5, 5.41) is 3.22. The first-order chi connectivity index (χ1) is 12.3. The summed E-state index contributed by atoms with van der Waals surface area (Å²) in [5.74, 6) is 0.491. The largest absolute Gasteiger partial charge is 0.573 e. The first kappa shape index (κ1) is 18.5. The number of alkyl halides is 3. The number of nitrogens with zero attached hydrogens (tertiary/aromatic N) is 2. The van der Waals surface area contributed by atoms with Gasteiger partial charge in [0.1, 0.15) is 16.7 Å². The average Bonchev–Trinajstić information content (AvgIpc) is 2.57. The van der Waals surface area contributed by atoms with Crippen molar-refractivity contribution in [3.05, 3.63) is 64.2 Å². The summed E-state index contributed by atoms with van der Waals surface area (Å²) >= 11 is 9.10. The molecular weight excluding hydrogens is 435 g/mol. The maximum Gasteiger partial charge on any atom is 0.573 e. The SMILES string of the molecule is FC(F)(F)Oc1ccc(Nc2cc(Cl)nc(-c3ccccc3)n2)cc1Br. The number of anilines is 2. The number of aromatic nitrogens is 2. The van der Waals surface area contributed by atoms with Gasteiger partial charge in [0.25, 0.3) is 0 Å². The van der Waals surface area contributed by atoms with Crippen molar-refractivity contribution >= 4 is 39.0 Å². The van der Waals surface area contributed by atoms with Gasteiger partial charge in [0.2, 0.25) is 0 Å². The van der Waals surface area contributed by atoms with E-state index in [-0.39, 0.29) is 15.4 Å². The van der Waals surface area contributed by atoms with Gasteiger partial charge in [0.05, 0.1) is 4.47 Å². The van der Waals surface area contributed by atoms with Gasteiger partial charge in [0, 0.05) is 17.3 Å². The second-order valence-electron chi connectivity index (χ2n) is 5.08. The molecule has 0 bridgehead atoms. The zero-order valence-electron chi connectivity index (χ0n) is 12.9. The van der Waals surface area contributed by atoms with Crippen LogP contribution in [0.4, 0.5) is 24.7 Å². The van der Waals surface area contributed by atoms with E-state index < -0.39 is 6.36 Å². The summed E-state index contributed by atoms with van der Waals surface area (Å²) < 4.78 is 41.0. The molecule has 1 aromatic heterocycles. The lowest BCUT2D eigenvalue weighted by atomic mass is 10.2. The normalized spacial score (nSPS) is 11.3. The minimum absolute atomic E-state index is 0.142. The van der Waals surface area contributed by atoms with E-state index in [1.807, 2.05) is 30.3 Å². The van der Waals surface area contributed by atoms with Crippen molar-refractivity contribution in [2.24, 2.45) is 0 Å². The monoisotopic (exact) mass is 443 g/mol. The Kier molecular flexibility index (Phi) is 5.33. The van der Waals surface area contributed by atoms with Crippen molar-refractivity contribution in [1.29, 1.82) is 0 Å². The Morgan fingerprint density at radius 3 is 2.38 bits per heavy atom. The quantitative estimate of drug-likeness (QED) is 0.487. The molecule has 0 saturated carbocycles. The molecule has 0 radical (unpaired) electrons. The first-order valence-electron chi connectivity index (χ1n) is 7.22. The third kappa shape index (κ3) is 4.86. The Morgan fingerprint density at radius 2 is 1.73 bits per heavy atom. The molecule has 0 saturated heterocycles. The Balaban J connectivity index is 1.85. The van der Waals surface area contributed by atoms with Gasteiger partial charge >= 0.3 is 6.36 Å². The minimum atomic E-state index is -4.76. The molecule has 1 N–H and O–H groups in total. The summed E-state index contributed by atoms with van der Waals surface area (Å²) in [6.45, 7) is 0. The Morgan fingerprint density at radius 1 is 1.00 bits per heavy atom. The van der Waals surface area contributed by atoms with E-state index in [9.17, 15) is 13.2 Å². The summed E-state index contributed by atoms with van der Waals surface area (Å²) in [5.41, 5.74) is 1.29. The molecule has 0 amide bonds. The van der Waals surface area contributed by atoms with Crippen LogP contribution in [0.25, 0.3) is 11.4 Å². The number of halogens is 5. The third-order valence-electron chi connectivity index (χ3n) is 3.16. The Hall–Kier alpha value is -2.32. The highest BCUT2D eigenvalue weighted by atomic mass is 79.9. The van der Waals surface area contributed by atoms with Gasteiger partial charge in [-0.1, -0.05) is 41.9 Å². The van der Waals surface area contributed by atoms with Gasteiger partial charge in [-0.3, -0.25) is 0 Å². The van der Waals surface area contributed by atoms with Crippen LogP contribution in [-0.2, 0) is 0 Å². The molecule has 2 aromatic carbocycles. The molecule has 0 atom stereocenters. The summed E-state index contributed by atoms with van der Waals surface area (Å²) in [7, 11) is 0. The molecule has 9 heteroatoms. The molecule has 4 nitrogen and oxygen atoms in total. The smallest absolute Gasteiger partial charge is 0.405 e. The fraction of sp³-hybridized carbons (Fsp3) is 0.0588. The topological polar surface area (TPSA) is 47.0 Å². The molecule has 1 heterocycles. The molecule has 26 heavy (non-hydrogen) atoms. The third-order valence-corrected chi connectivity index (χ3v) is 3.97. The standard InChI is InChI=1S/C17H10BrClF3N3O/c18-12-8-11(6-7-13(12)26-17(20,21)22)23-15-9-14(19)24-16(25-15)10-4-2-1-3-5-10/h1-9H,(H,23,24,25). The van der Waals surface area contributed by atoms with E-state index in [0.717, 1.165) is 5.56 Å². The molecule has 3 aromatic rings. The molecule has 0 aliphatic carbocycles. The zero-order chi connectivity index (χ0) is 18.7. The summed E-state index contributed by atoms with van der Waals surface area (Å²) in [4.78, 5) is 8.56. The fourth-order valence-electron chi connectivity index (χ4n) is 2.13. The van der Waals surface area contributed by atoms with Crippen molar-refractivity contribution in [2.45, 2.75) is 6.36 Å². The first-order valence-corrected chi connectivity index (χ1v) is 8.39. The van der Waals surface area contributed by atoms with Crippen LogP contribution in [0.5, 0.6) is 5.75 Å². The van der Waals surface area contributed by atoms with Crippen LogP contribution >= 0.6 is 27.5 Å². The number of ether oxygens (including phenoxy) is 1. The number of nitrogens with one attached hydrogen (secondary N) is 1. The summed E-state index contributed by atoms with van der Waals surface area (Å²) in [6, 6.07) is 14.8. The molecule has 0 unspecified atom stereocenters. The van der Waals surface area contributed by atoms with Gasteiger partial charge in [-0.25, -0.2) is 9.97 Å². The lowest BCUT2D eigenvalue weighted by molar-refractivity contribution is -0.274. The van der Waals surface area contributed by atoms with E-state index in [0.29, 0.717) is 17.3 Å². The van der Waals surface area contributed by atoms with Crippen LogP contribution in [0.2, 0.25) is 5.15 Å². The number of hydrogen-bond donors (Lipinski definition) is 1. The molecule has 3 rings (SSSR count). The Labute approximate surface area is 160 Å². The van der Waals surface area contributed by atoms with Gasteiger partial charge in [-0.15, -0.1) is 13.2 Å². The predicted molar refractivity (Wildman–Crippen MR) is 96.6 cm³/mol. The van der Waals surface area contributed by atoms with Gasteiger partial charge in [0.15, 0.2) is 5.82 Å².